The molecule has 0 bridgehead atoms. The highest BCUT2D eigenvalue weighted by Gasteiger charge is 2.24. The molecule has 0 amide bonds. The summed E-state index contributed by atoms with van der Waals surface area (Å²) < 4.78 is 4.79. The summed E-state index contributed by atoms with van der Waals surface area (Å²) in [6.45, 7) is 2.12. The first-order valence-corrected chi connectivity index (χ1v) is 4.88. The van der Waals surface area contributed by atoms with E-state index in [1.54, 1.807) is 6.92 Å². The Balaban J connectivity index is 1.97. The number of aromatic amines is 1. The lowest BCUT2D eigenvalue weighted by Gasteiger charge is -1.95. The number of rotatable bonds is 4. The van der Waals surface area contributed by atoms with Gasteiger partial charge in [0.2, 0.25) is 5.82 Å². The molecule has 0 spiro atoms. The number of carbonyl (C=O) groups is 1. The van der Waals surface area contributed by atoms with Gasteiger partial charge in [-0.05, 0) is 25.7 Å². The van der Waals surface area contributed by atoms with E-state index in [4.69, 9.17) is 4.74 Å². The van der Waals surface area contributed by atoms with Gasteiger partial charge in [0.05, 0.1) is 6.61 Å². The highest BCUT2D eigenvalue weighted by molar-refractivity contribution is 5.84. The van der Waals surface area contributed by atoms with Crippen molar-refractivity contribution in [3.63, 3.8) is 0 Å². The number of ether oxygens (including phenoxy) is 1. The van der Waals surface area contributed by atoms with E-state index in [2.05, 4.69) is 15.2 Å². The smallest absolute Gasteiger partial charge is 0.376 e. The highest BCUT2D eigenvalue weighted by Crippen LogP contribution is 2.31. The molecule has 2 rings (SSSR count). The monoisotopic (exact) mass is 195 g/mol. The summed E-state index contributed by atoms with van der Waals surface area (Å²) in [4.78, 5) is 14.1. The van der Waals surface area contributed by atoms with E-state index in [-0.39, 0.29) is 5.82 Å². The normalized spacial score (nSPS) is 15.5. The minimum absolute atomic E-state index is 0.211. The number of carbonyl (C=O) groups excluding carboxylic acids is 1. The highest BCUT2D eigenvalue weighted by atomic mass is 16.5. The van der Waals surface area contributed by atoms with Gasteiger partial charge in [0.25, 0.3) is 0 Å². The molecule has 0 atom stereocenters. The van der Waals surface area contributed by atoms with E-state index in [1.165, 1.54) is 12.8 Å². The van der Waals surface area contributed by atoms with Crippen molar-refractivity contribution in [2.75, 3.05) is 6.61 Å². The second kappa shape index (κ2) is 3.77. The Morgan fingerprint density at radius 2 is 2.36 bits per heavy atom. The zero-order valence-corrected chi connectivity index (χ0v) is 8.12. The van der Waals surface area contributed by atoms with Gasteiger partial charge in [-0.3, -0.25) is 0 Å². The number of hydrogen-bond donors (Lipinski definition) is 1. The molecule has 1 N–H and O–H groups in total. The number of hydrogen-bond acceptors (Lipinski definition) is 4. The molecule has 1 aliphatic rings. The van der Waals surface area contributed by atoms with Gasteiger partial charge in [0.1, 0.15) is 5.82 Å². The van der Waals surface area contributed by atoms with Crippen LogP contribution in [0.1, 0.15) is 36.2 Å². The number of nitrogens with one attached hydrogen (secondary N) is 1. The molecule has 0 unspecified atom stereocenters. The average molecular weight is 195 g/mol. The van der Waals surface area contributed by atoms with Crippen LogP contribution in [0.15, 0.2) is 0 Å². The van der Waals surface area contributed by atoms with Gasteiger partial charge < -0.3 is 9.72 Å². The first-order chi connectivity index (χ1) is 6.79. The first kappa shape index (κ1) is 9.18. The molecule has 0 aliphatic heterocycles. The lowest BCUT2D eigenvalue weighted by molar-refractivity contribution is 0.0512. The molecule has 0 aromatic carbocycles. The number of H-pyrrole nitrogens is 1. The summed E-state index contributed by atoms with van der Waals surface area (Å²) >= 11 is 0. The molecule has 1 heterocycles. The number of aromatic nitrogens is 3. The van der Waals surface area contributed by atoms with Crippen LogP contribution in [0.25, 0.3) is 0 Å². The van der Waals surface area contributed by atoms with Crippen LogP contribution in [-0.2, 0) is 11.2 Å². The third-order valence-electron chi connectivity index (χ3n) is 2.18. The maximum atomic E-state index is 11.2. The number of esters is 1. The Morgan fingerprint density at radius 1 is 1.57 bits per heavy atom. The summed E-state index contributed by atoms with van der Waals surface area (Å²) in [5.41, 5.74) is 0. The summed E-state index contributed by atoms with van der Waals surface area (Å²) in [5, 5.41) is 7.63. The summed E-state index contributed by atoms with van der Waals surface area (Å²) in [6, 6.07) is 0. The molecule has 5 heteroatoms. The largest absolute Gasteiger partial charge is 0.460 e. The molecule has 1 aromatic heterocycles. The van der Waals surface area contributed by atoms with E-state index >= 15 is 0 Å². The predicted molar refractivity (Wildman–Crippen MR) is 48.8 cm³/mol. The fourth-order valence-corrected chi connectivity index (χ4v) is 1.28. The lowest BCUT2D eigenvalue weighted by atomic mass is 10.3. The van der Waals surface area contributed by atoms with E-state index in [9.17, 15) is 4.79 Å². The van der Waals surface area contributed by atoms with Crippen LogP contribution in [0, 0.1) is 5.92 Å². The molecule has 1 fully saturated rings. The minimum Gasteiger partial charge on any atom is -0.460 e. The van der Waals surface area contributed by atoms with Crippen molar-refractivity contribution in [1.29, 1.82) is 0 Å². The maximum Gasteiger partial charge on any atom is 0.376 e. The summed E-state index contributed by atoms with van der Waals surface area (Å²) in [5.74, 6) is 1.30. The molecule has 5 nitrogen and oxygen atoms in total. The zero-order chi connectivity index (χ0) is 9.97. The van der Waals surface area contributed by atoms with Gasteiger partial charge in [-0.25, -0.2) is 4.79 Å². The predicted octanol–water partition coefficient (Wildman–Crippen LogP) is 0.934. The Bertz CT molecular complexity index is 331. The van der Waals surface area contributed by atoms with Crippen molar-refractivity contribution in [1.82, 2.24) is 15.2 Å². The lowest BCUT2D eigenvalue weighted by Crippen LogP contribution is -2.06. The van der Waals surface area contributed by atoms with Gasteiger partial charge in [-0.15, -0.1) is 10.2 Å². The van der Waals surface area contributed by atoms with Gasteiger partial charge in [0.15, 0.2) is 0 Å². The van der Waals surface area contributed by atoms with Crippen LogP contribution in [0.2, 0.25) is 0 Å². The SMILES string of the molecule is CCOC(=O)c1nnc(CC2CC2)[nH]1. The van der Waals surface area contributed by atoms with Crippen LogP contribution in [-0.4, -0.2) is 27.8 Å². The quantitative estimate of drug-likeness (QED) is 0.726. The summed E-state index contributed by atoms with van der Waals surface area (Å²) in [6.07, 6.45) is 3.41. The van der Waals surface area contributed by atoms with Crippen molar-refractivity contribution < 1.29 is 9.53 Å². The standard InChI is InChI=1S/C9H13N3O2/c1-2-14-9(13)8-10-7(11-12-8)5-6-3-4-6/h6H,2-5H2,1H3,(H,10,11,12). The second-order valence-corrected chi connectivity index (χ2v) is 3.49. The zero-order valence-electron chi connectivity index (χ0n) is 8.12. The molecule has 14 heavy (non-hydrogen) atoms. The van der Waals surface area contributed by atoms with Gasteiger partial charge in [-0.1, -0.05) is 0 Å². The topological polar surface area (TPSA) is 67.9 Å². The van der Waals surface area contributed by atoms with Crippen molar-refractivity contribution in [2.45, 2.75) is 26.2 Å². The van der Waals surface area contributed by atoms with E-state index in [1.807, 2.05) is 0 Å². The molecule has 76 valence electrons. The van der Waals surface area contributed by atoms with Crippen molar-refractivity contribution in [3.8, 4) is 0 Å². The Morgan fingerprint density at radius 3 is 3.00 bits per heavy atom. The van der Waals surface area contributed by atoms with Crippen LogP contribution in [0.4, 0.5) is 0 Å². The average Bonchev–Trinajstić information content (AvgIpc) is 2.82. The molecule has 0 radical (unpaired) electrons. The van der Waals surface area contributed by atoms with Crippen LogP contribution >= 0.6 is 0 Å². The fourth-order valence-electron chi connectivity index (χ4n) is 1.28. The number of nitrogens with zero attached hydrogens (tertiary/aromatic N) is 2. The Labute approximate surface area is 81.9 Å². The van der Waals surface area contributed by atoms with Gasteiger partial charge in [-0.2, -0.15) is 0 Å². The van der Waals surface area contributed by atoms with E-state index < -0.39 is 5.97 Å². The van der Waals surface area contributed by atoms with Crippen LogP contribution < -0.4 is 0 Å². The minimum atomic E-state index is -0.429. The molecule has 1 aliphatic carbocycles. The molecule has 0 saturated heterocycles. The van der Waals surface area contributed by atoms with Crippen LogP contribution in [0.5, 0.6) is 0 Å². The summed E-state index contributed by atoms with van der Waals surface area (Å²) in [7, 11) is 0. The van der Waals surface area contributed by atoms with Crippen molar-refractivity contribution >= 4 is 5.97 Å². The maximum absolute atomic E-state index is 11.2. The fraction of sp³-hybridized carbons (Fsp3) is 0.667. The molecular weight excluding hydrogens is 182 g/mol. The van der Waals surface area contributed by atoms with Gasteiger partial charge in [0, 0.05) is 6.42 Å². The first-order valence-electron chi connectivity index (χ1n) is 4.88. The third-order valence-corrected chi connectivity index (χ3v) is 2.18. The van der Waals surface area contributed by atoms with E-state index in [0.717, 1.165) is 18.2 Å². The molecule has 1 saturated carbocycles. The Kier molecular flexibility index (Phi) is 2.47. The van der Waals surface area contributed by atoms with Crippen molar-refractivity contribution in [3.05, 3.63) is 11.6 Å². The van der Waals surface area contributed by atoms with Crippen molar-refractivity contribution in [2.24, 2.45) is 5.92 Å². The molecule has 1 aromatic rings. The third kappa shape index (κ3) is 2.10. The van der Waals surface area contributed by atoms with Gasteiger partial charge >= 0.3 is 5.97 Å². The van der Waals surface area contributed by atoms with Crippen LogP contribution in [0.3, 0.4) is 0 Å². The second-order valence-electron chi connectivity index (χ2n) is 3.49. The Hall–Kier alpha value is -1.39. The van der Waals surface area contributed by atoms with E-state index in [0.29, 0.717) is 6.61 Å². The molecular formula is C9H13N3O2.